The highest BCUT2D eigenvalue weighted by molar-refractivity contribution is 6.16. The van der Waals surface area contributed by atoms with Gasteiger partial charge in [-0.15, -0.1) is 0 Å². The zero-order chi connectivity index (χ0) is 34.2. The number of aromatic nitrogens is 5. The van der Waals surface area contributed by atoms with E-state index in [2.05, 4.69) is 161 Å². The number of pyridine rings is 1. The normalized spacial score (nSPS) is 11.8. The van der Waals surface area contributed by atoms with E-state index in [0.29, 0.717) is 5.95 Å². The molecule has 4 heterocycles. The van der Waals surface area contributed by atoms with Crippen LogP contribution >= 0.6 is 0 Å². The lowest BCUT2D eigenvalue weighted by molar-refractivity contribution is 0.961. The Bertz CT molecular complexity index is 3120. The van der Waals surface area contributed by atoms with Gasteiger partial charge in [-0.3, -0.25) is 4.57 Å². The molecule has 0 bridgehead atoms. The molecule has 242 valence electrons. The number of hydrogen-bond acceptors (Lipinski definition) is 3. The molecule has 2 aliphatic heterocycles. The molecule has 0 fully saturated rings. The number of nitrogens with zero attached hydrogens (tertiary/aromatic N) is 5. The molecule has 5 nitrogen and oxygen atoms in total. The Morgan fingerprint density at radius 1 is 0.385 bits per heavy atom. The van der Waals surface area contributed by atoms with Crippen LogP contribution in [0.15, 0.2) is 176 Å². The molecule has 0 N–H and O–H groups in total. The molecule has 7 aromatic carbocycles. The number of para-hydroxylation sites is 4. The molecule has 5 heteroatoms. The molecule has 52 heavy (non-hydrogen) atoms. The molecule has 0 unspecified atom stereocenters. The van der Waals surface area contributed by atoms with Crippen molar-refractivity contribution in [2.24, 2.45) is 0 Å². The smallest absolute Gasteiger partial charge is 0.237 e. The first-order valence-corrected chi connectivity index (χ1v) is 17.5. The van der Waals surface area contributed by atoms with Gasteiger partial charge >= 0.3 is 0 Å². The van der Waals surface area contributed by atoms with Gasteiger partial charge in [0.15, 0.2) is 0 Å². The Balaban J connectivity index is 1.21. The Hall–Kier alpha value is -7.11. The largest absolute Gasteiger partial charge is 0.309 e. The fraction of sp³-hybridized carbons (Fsp3) is 0. The van der Waals surface area contributed by atoms with Crippen molar-refractivity contribution < 1.29 is 0 Å². The van der Waals surface area contributed by atoms with Crippen LogP contribution in [0, 0.1) is 0 Å². The second kappa shape index (κ2) is 11.2. The van der Waals surface area contributed by atoms with Crippen LogP contribution in [0.5, 0.6) is 0 Å². The summed E-state index contributed by atoms with van der Waals surface area (Å²) in [5, 5.41) is 5.67. The van der Waals surface area contributed by atoms with Crippen LogP contribution in [0.3, 0.4) is 0 Å². The molecular formula is C47H29N5. The molecule has 0 aliphatic carbocycles. The van der Waals surface area contributed by atoms with Crippen molar-refractivity contribution >= 4 is 54.5 Å². The summed E-state index contributed by atoms with van der Waals surface area (Å²) >= 11 is 0. The number of benzene rings is 7. The van der Waals surface area contributed by atoms with Gasteiger partial charge in [-0.05, 0) is 65.7 Å². The van der Waals surface area contributed by atoms with E-state index >= 15 is 0 Å². The first-order valence-electron chi connectivity index (χ1n) is 17.5. The molecule has 0 amide bonds. The molecule has 0 saturated carbocycles. The van der Waals surface area contributed by atoms with E-state index in [1.165, 1.54) is 27.4 Å². The van der Waals surface area contributed by atoms with E-state index in [4.69, 9.17) is 15.0 Å². The average molecular weight is 664 g/mol. The number of fused-ring (bicyclic) bond motifs is 8. The molecule has 9 aromatic rings. The van der Waals surface area contributed by atoms with Gasteiger partial charge in [-0.1, -0.05) is 121 Å². The fourth-order valence-electron chi connectivity index (χ4n) is 8.02. The van der Waals surface area contributed by atoms with Gasteiger partial charge in [0, 0.05) is 43.7 Å². The van der Waals surface area contributed by atoms with Crippen molar-refractivity contribution in [1.29, 1.82) is 0 Å². The summed E-state index contributed by atoms with van der Waals surface area (Å²) in [5.41, 5.74) is 11.7. The Morgan fingerprint density at radius 3 is 1.88 bits per heavy atom. The average Bonchev–Trinajstić information content (AvgIpc) is 3.75. The molecule has 0 saturated heterocycles. The summed E-state index contributed by atoms with van der Waals surface area (Å²) < 4.78 is 4.52. The zero-order valence-corrected chi connectivity index (χ0v) is 28.0. The van der Waals surface area contributed by atoms with Gasteiger partial charge in [-0.25, -0.2) is 15.0 Å². The van der Waals surface area contributed by atoms with Crippen molar-refractivity contribution in [3.05, 3.63) is 176 Å². The predicted octanol–water partition coefficient (Wildman–Crippen LogP) is 11.7. The van der Waals surface area contributed by atoms with E-state index in [1.54, 1.807) is 0 Å². The second-order valence-corrected chi connectivity index (χ2v) is 13.3. The minimum atomic E-state index is 0.594. The summed E-state index contributed by atoms with van der Waals surface area (Å²) in [6.45, 7) is 0. The van der Waals surface area contributed by atoms with Crippen LogP contribution < -0.4 is 0 Å². The molecule has 2 aromatic heterocycles. The van der Waals surface area contributed by atoms with E-state index in [9.17, 15) is 0 Å². The molecular weight excluding hydrogens is 635 g/mol. The van der Waals surface area contributed by atoms with Crippen LogP contribution in [-0.4, -0.2) is 24.1 Å². The maximum atomic E-state index is 5.31. The van der Waals surface area contributed by atoms with Crippen molar-refractivity contribution in [2.75, 3.05) is 0 Å². The molecule has 0 radical (unpaired) electrons. The topological polar surface area (TPSA) is 48.5 Å². The van der Waals surface area contributed by atoms with Crippen molar-refractivity contribution in [3.63, 3.8) is 0 Å². The van der Waals surface area contributed by atoms with Crippen molar-refractivity contribution in [3.8, 4) is 45.4 Å². The Morgan fingerprint density at radius 2 is 1.06 bits per heavy atom. The van der Waals surface area contributed by atoms with Gasteiger partial charge in [0.2, 0.25) is 5.95 Å². The van der Waals surface area contributed by atoms with Gasteiger partial charge in [0.05, 0.1) is 33.3 Å². The highest BCUT2D eigenvalue weighted by Crippen LogP contribution is 2.42. The van der Waals surface area contributed by atoms with Crippen molar-refractivity contribution in [2.45, 2.75) is 0 Å². The minimum Gasteiger partial charge on any atom is -0.309 e. The maximum Gasteiger partial charge on any atom is 0.237 e. The predicted molar refractivity (Wildman–Crippen MR) is 214 cm³/mol. The summed E-state index contributed by atoms with van der Waals surface area (Å²) in [6.07, 6.45) is 0. The Kier molecular flexibility index (Phi) is 6.18. The third kappa shape index (κ3) is 4.26. The van der Waals surface area contributed by atoms with Gasteiger partial charge in [0.1, 0.15) is 5.82 Å². The van der Waals surface area contributed by atoms with Gasteiger partial charge in [0.25, 0.3) is 0 Å². The minimum absolute atomic E-state index is 0.594. The first-order chi connectivity index (χ1) is 25.8. The second-order valence-electron chi connectivity index (χ2n) is 13.3. The highest BCUT2D eigenvalue weighted by atomic mass is 15.2. The monoisotopic (exact) mass is 663 g/mol. The van der Waals surface area contributed by atoms with Gasteiger partial charge < -0.3 is 4.57 Å². The summed E-state index contributed by atoms with van der Waals surface area (Å²) in [5.74, 6) is 1.43. The van der Waals surface area contributed by atoms with Crippen LogP contribution in [0.2, 0.25) is 0 Å². The third-order valence-corrected chi connectivity index (χ3v) is 10.3. The van der Waals surface area contributed by atoms with Crippen LogP contribution in [-0.2, 0) is 0 Å². The fourth-order valence-corrected chi connectivity index (χ4v) is 8.02. The van der Waals surface area contributed by atoms with E-state index < -0.39 is 0 Å². The number of hydrogen-bond donors (Lipinski definition) is 0. The molecule has 2 aliphatic rings. The summed E-state index contributed by atoms with van der Waals surface area (Å²) in [4.78, 5) is 15.7. The standard InChI is InChI=1S/C47H29N5/c1-3-14-30(15-4-1)45-36-19-8-11-23-40(36)49-47(50-45)52-41-27-26-31(28-32(41)29-38-35-18-7-10-22-39(35)48-46(38)52)34-21-13-25-43-44(34)37-20-9-12-24-42(37)51(43)33-16-5-2-6-17-33/h1-29H. The van der Waals surface area contributed by atoms with E-state index in [0.717, 1.165) is 66.6 Å². The molecule has 0 atom stereocenters. The molecule has 0 spiro atoms. The lowest BCUT2D eigenvalue weighted by Crippen LogP contribution is -2.09. The first kappa shape index (κ1) is 28.7. The zero-order valence-electron chi connectivity index (χ0n) is 28.0. The molecule has 11 rings (SSSR count). The lowest BCUT2D eigenvalue weighted by atomic mass is 9.97. The van der Waals surface area contributed by atoms with Crippen LogP contribution in [0.1, 0.15) is 0 Å². The summed E-state index contributed by atoms with van der Waals surface area (Å²) in [7, 11) is 0. The van der Waals surface area contributed by atoms with E-state index in [1.807, 2.05) is 24.3 Å². The highest BCUT2D eigenvalue weighted by Gasteiger charge is 2.23. The maximum absolute atomic E-state index is 5.31. The van der Waals surface area contributed by atoms with Crippen LogP contribution in [0.25, 0.3) is 99.9 Å². The van der Waals surface area contributed by atoms with Gasteiger partial charge in [-0.2, -0.15) is 0 Å². The lowest BCUT2D eigenvalue weighted by Gasteiger charge is -2.17. The summed E-state index contributed by atoms with van der Waals surface area (Å²) in [6, 6.07) is 62.0. The number of rotatable bonds is 4. The van der Waals surface area contributed by atoms with Crippen molar-refractivity contribution in [1.82, 2.24) is 24.1 Å². The van der Waals surface area contributed by atoms with Crippen LogP contribution in [0.4, 0.5) is 0 Å². The quantitative estimate of drug-likeness (QED) is 0.188. The SMILES string of the molecule is c1ccc(-c2nc(-n3c4nc5ccccc5c-4cc4cc(-c5cccc6c5c5ccccc5n6-c5ccccc5)ccc43)nc3ccccc23)cc1. The van der Waals surface area contributed by atoms with E-state index in [-0.39, 0.29) is 0 Å². The Labute approximate surface area is 299 Å². The third-order valence-electron chi connectivity index (χ3n) is 10.3.